The number of rotatable bonds is 13. The van der Waals surface area contributed by atoms with E-state index in [-0.39, 0.29) is 24.1 Å². The average Bonchev–Trinajstić information content (AvgIpc) is 3.40. The number of benzene rings is 2. The van der Waals surface area contributed by atoms with E-state index in [0.29, 0.717) is 51.5 Å². The number of fused-ring (bicyclic) bond motifs is 1. The molecule has 2 aromatic carbocycles. The Balaban J connectivity index is 1.41. The molecule has 0 spiro atoms. The fourth-order valence-corrected chi connectivity index (χ4v) is 5.03. The molecule has 0 aliphatic carbocycles. The molecule has 0 fully saturated rings. The number of carbonyl (C=O) groups excluding carboxylic acids is 3. The van der Waals surface area contributed by atoms with E-state index in [4.69, 9.17) is 32.7 Å². The van der Waals surface area contributed by atoms with Gasteiger partial charge in [0.2, 0.25) is 17.7 Å². The van der Waals surface area contributed by atoms with Crippen molar-refractivity contribution in [3.63, 3.8) is 0 Å². The lowest BCUT2D eigenvalue weighted by Crippen LogP contribution is -2.37. The van der Waals surface area contributed by atoms with Crippen LogP contribution < -0.4 is 25.0 Å². The summed E-state index contributed by atoms with van der Waals surface area (Å²) >= 11 is 13.3. The predicted molar refractivity (Wildman–Crippen MR) is 180 cm³/mol. The molecular formula is C32H35Cl2N7O5. The number of amides is 3. The van der Waals surface area contributed by atoms with Gasteiger partial charge in [-0.25, -0.2) is 4.98 Å². The molecule has 2 N–H and O–H groups in total. The third kappa shape index (κ3) is 8.53. The highest BCUT2D eigenvalue weighted by molar-refractivity contribution is 6.38. The molecule has 0 aliphatic heterocycles. The second-order valence-electron chi connectivity index (χ2n) is 10.5. The number of para-hydroxylation sites is 1. The molecular weight excluding hydrogens is 633 g/mol. The molecule has 12 nitrogen and oxygen atoms in total. The minimum absolute atomic E-state index is 0.0156. The molecule has 2 aromatic heterocycles. The summed E-state index contributed by atoms with van der Waals surface area (Å²) in [7, 11) is 7.13. The van der Waals surface area contributed by atoms with E-state index < -0.39 is 11.8 Å². The van der Waals surface area contributed by atoms with E-state index >= 15 is 0 Å². The molecule has 4 rings (SSSR count). The minimum Gasteiger partial charge on any atom is -0.486 e. The summed E-state index contributed by atoms with van der Waals surface area (Å²) in [4.78, 5) is 48.6. The van der Waals surface area contributed by atoms with Crippen molar-refractivity contribution in [2.45, 2.75) is 20.1 Å². The molecule has 4 aromatic rings. The van der Waals surface area contributed by atoms with Gasteiger partial charge in [-0.1, -0.05) is 29.3 Å². The molecule has 0 saturated carbocycles. The number of methoxy groups -OCH3 is 1. The Morgan fingerprint density at radius 1 is 1.07 bits per heavy atom. The Hall–Kier alpha value is -4.65. The molecule has 0 bridgehead atoms. The van der Waals surface area contributed by atoms with Gasteiger partial charge in [0, 0.05) is 49.9 Å². The first kappa shape index (κ1) is 34.2. The van der Waals surface area contributed by atoms with Crippen LogP contribution in [-0.2, 0) is 27.5 Å². The van der Waals surface area contributed by atoms with Gasteiger partial charge < -0.3 is 29.9 Å². The summed E-state index contributed by atoms with van der Waals surface area (Å²) in [6, 6.07) is 12.7. The third-order valence-electron chi connectivity index (χ3n) is 6.86. The van der Waals surface area contributed by atoms with Gasteiger partial charge in [0.15, 0.2) is 0 Å². The Morgan fingerprint density at radius 3 is 2.52 bits per heavy atom. The van der Waals surface area contributed by atoms with Crippen LogP contribution in [0, 0.1) is 0 Å². The first-order chi connectivity index (χ1) is 22.0. The van der Waals surface area contributed by atoms with Crippen molar-refractivity contribution < 1.29 is 23.9 Å². The zero-order valence-corrected chi connectivity index (χ0v) is 27.6. The zero-order valence-electron chi connectivity index (χ0n) is 26.1. The number of anilines is 2. The van der Waals surface area contributed by atoms with Crippen LogP contribution in [0.3, 0.4) is 0 Å². The van der Waals surface area contributed by atoms with Crippen LogP contribution in [0.15, 0.2) is 54.7 Å². The van der Waals surface area contributed by atoms with Gasteiger partial charge in [-0.2, -0.15) is 4.98 Å². The van der Waals surface area contributed by atoms with Crippen molar-refractivity contribution in [2.24, 2.45) is 0 Å². The summed E-state index contributed by atoms with van der Waals surface area (Å²) in [5, 5.41) is 5.75. The molecule has 46 heavy (non-hydrogen) atoms. The number of halogens is 2. The summed E-state index contributed by atoms with van der Waals surface area (Å²) in [6.45, 7) is 2.61. The fraction of sp³-hybridized carbons (Fsp3) is 0.281. The van der Waals surface area contributed by atoms with Gasteiger partial charge in [-0.3, -0.25) is 19.0 Å². The van der Waals surface area contributed by atoms with Crippen molar-refractivity contribution in [1.29, 1.82) is 0 Å². The Bertz CT molecular complexity index is 1760. The number of hydrogen-bond acceptors (Lipinski definition) is 8. The van der Waals surface area contributed by atoms with Gasteiger partial charge in [0.25, 0.3) is 6.01 Å². The largest absolute Gasteiger partial charge is 0.486 e. The SMILES string of the molecule is COc1nc2c(OCc3c(Cl)ccc(N(C)C(=O)CNC(=O)/C=C/c4ccc(NC(C)=O)nc4)c3Cl)cccc2n1CCN(C)C. The normalized spacial score (nSPS) is 11.2. The van der Waals surface area contributed by atoms with Gasteiger partial charge in [-0.15, -0.1) is 0 Å². The fourth-order valence-electron chi connectivity index (χ4n) is 4.42. The van der Waals surface area contributed by atoms with E-state index in [0.717, 1.165) is 12.1 Å². The average molecular weight is 669 g/mol. The van der Waals surface area contributed by atoms with Gasteiger partial charge in [0.1, 0.15) is 23.7 Å². The third-order valence-corrected chi connectivity index (χ3v) is 7.64. The van der Waals surface area contributed by atoms with Crippen molar-refractivity contribution >= 4 is 69.5 Å². The summed E-state index contributed by atoms with van der Waals surface area (Å²) < 4.78 is 13.7. The second kappa shape index (κ2) is 15.6. The van der Waals surface area contributed by atoms with Crippen LogP contribution in [0.1, 0.15) is 18.1 Å². The van der Waals surface area contributed by atoms with Crippen LogP contribution in [-0.4, -0.2) is 78.5 Å². The van der Waals surface area contributed by atoms with Crippen LogP contribution in [0.4, 0.5) is 11.5 Å². The highest BCUT2D eigenvalue weighted by atomic mass is 35.5. The quantitative estimate of drug-likeness (QED) is 0.197. The Morgan fingerprint density at radius 2 is 1.85 bits per heavy atom. The monoisotopic (exact) mass is 667 g/mol. The van der Waals surface area contributed by atoms with Crippen LogP contribution >= 0.6 is 23.2 Å². The van der Waals surface area contributed by atoms with Crippen molar-refractivity contribution in [3.8, 4) is 11.8 Å². The predicted octanol–water partition coefficient (Wildman–Crippen LogP) is 4.64. The number of likely N-dealkylation sites (N-methyl/N-ethyl adjacent to an activating group) is 2. The van der Waals surface area contributed by atoms with E-state index in [9.17, 15) is 14.4 Å². The zero-order chi connectivity index (χ0) is 33.4. The minimum atomic E-state index is -0.473. The molecule has 3 amide bonds. The molecule has 242 valence electrons. The van der Waals surface area contributed by atoms with Crippen molar-refractivity contribution in [3.05, 3.63) is 75.9 Å². The highest BCUT2D eigenvalue weighted by Gasteiger charge is 2.20. The molecule has 2 heterocycles. The number of nitrogens with one attached hydrogen (secondary N) is 2. The standard InChI is InChI=1S/C32H35Cl2N7O5/c1-20(42)37-27-13-9-21(17-35-27)10-14-28(43)36-18-29(44)40(4)24-12-11-23(33)22(30(24)34)19-46-26-8-6-7-25-31(26)38-32(45-5)41(25)16-15-39(2)3/h6-14,17H,15-16,18-19H2,1-5H3,(H,36,43)(H,35,37,42)/b14-10+. The summed E-state index contributed by atoms with van der Waals surface area (Å²) in [6.07, 6.45) is 4.34. The number of pyridine rings is 1. The molecule has 14 heteroatoms. The summed E-state index contributed by atoms with van der Waals surface area (Å²) in [5.41, 5.74) is 3.03. The van der Waals surface area contributed by atoms with E-state index in [1.54, 1.807) is 50.6 Å². The van der Waals surface area contributed by atoms with Crippen molar-refractivity contribution in [1.82, 2.24) is 24.8 Å². The lowest BCUT2D eigenvalue weighted by Gasteiger charge is -2.21. The number of ether oxygens (including phenoxy) is 2. The maximum atomic E-state index is 13.0. The number of hydrogen-bond donors (Lipinski definition) is 2. The van der Waals surface area contributed by atoms with Gasteiger partial charge in [-0.05, 0) is 62.1 Å². The van der Waals surface area contributed by atoms with E-state index in [1.807, 2.05) is 30.8 Å². The summed E-state index contributed by atoms with van der Waals surface area (Å²) in [5.74, 6) is -0.183. The Labute approximate surface area is 276 Å². The highest BCUT2D eigenvalue weighted by Crippen LogP contribution is 2.36. The van der Waals surface area contributed by atoms with Crippen LogP contribution in [0.25, 0.3) is 17.1 Å². The van der Waals surface area contributed by atoms with E-state index in [2.05, 4.69) is 25.5 Å². The molecule has 0 unspecified atom stereocenters. The van der Waals surface area contributed by atoms with Crippen molar-refractivity contribution in [2.75, 3.05) is 51.6 Å². The molecule has 0 saturated heterocycles. The Kier molecular flexibility index (Phi) is 11.6. The molecule has 0 atom stereocenters. The number of aromatic nitrogens is 3. The first-order valence-electron chi connectivity index (χ1n) is 14.2. The molecule has 0 radical (unpaired) electrons. The number of imidazole rings is 1. The van der Waals surface area contributed by atoms with Crippen LogP contribution in [0.2, 0.25) is 10.0 Å². The maximum Gasteiger partial charge on any atom is 0.297 e. The van der Waals surface area contributed by atoms with Crippen LogP contribution in [0.5, 0.6) is 11.8 Å². The second-order valence-corrected chi connectivity index (χ2v) is 11.3. The smallest absolute Gasteiger partial charge is 0.297 e. The van der Waals surface area contributed by atoms with Gasteiger partial charge in [0.05, 0.1) is 29.9 Å². The maximum absolute atomic E-state index is 13.0. The van der Waals surface area contributed by atoms with Gasteiger partial charge >= 0.3 is 0 Å². The number of carbonyl (C=O) groups is 3. The van der Waals surface area contributed by atoms with E-state index in [1.165, 1.54) is 24.1 Å². The molecule has 0 aliphatic rings. The number of nitrogens with zero attached hydrogens (tertiary/aromatic N) is 5. The topological polar surface area (TPSA) is 131 Å². The lowest BCUT2D eigenvalue weighted by atomic mass is 10.2. The first-order valence-corrected chi connectivity index (χ1v) is 15.0. The lowest BCUT2D eigenvalue weighted by molar-refractivity contribution is -0.122.